The first-order valence-electron chi connectivity index (χ1n) is 12.7. The Morgan fingerprint density at radius 1 is 1.17 bits per heavy atom. The average molecular weight is 633 g/mol. The lowest BCUT2D eigenvalue weighted by Crippen LogP contribution is -2.40. The summed E-state index contributed by atoms with van der Waals surface area (Å²) in [5, 5.41) is 10.1. The molecule has 3 aromatic rings. The number of likely N-dealkylation sites (tertiary alicyclic amines) is 1. The molecule has 5 rings (SSSR count). The highest BCUT2D eigenvalue weighted by Crippen LogP contribution is 2.36. The number of hydrogen-bond acceptors (Lipinski definition) is 9. The molecule has 4 heterocycles. The van der Waals surface area contributed by atoms with Gasteiger partial charge in [-0.25, -0.2) is 35.4 Å². The summed E-state index contributed by atoms with van der Waals surface area (Å²) < 4.78 is 101. The molecule has 1 saturated heterocycles. The van der Waals surface area contributed by atoms with Gasteiger partial charge in [0.05, 0.1) is 26.6 Å². The van der Waals surface area contributed by atoms with E-state index in [1.165, 1.54) is 28.4 Å². The molecule has 2 aliphatic heterocycles. The Bertz CT molecular complexity index is 1600. The van der Waals surface area contributed by atoms with E-state index in [0.717, 1.165) is 11.1 Å². The Balaban J connectivity index is 1.19. The zero-order chi connectivity index (χ0) is 30.2. The Morgan fingerprint density at radius 3 is 2.57 bits per heavy atom. The number of amides is 1. The number of hydrogen-bond donors (Lipinski definition) is 0. The van der Waals surface area contributed by atoms with Crippen LogP contribution in [-0.2, 0) is 32.0 Å². The minimum absolute atomic E-state index is 0.00429. The van der Waals surface area contributed by atoms with E-state index in [1.807, 2.05) is 0 Å². The summed E-state index contributed by atoms with van der Waals surface area (Å²) in [7, 11) is -4.74. The number of alkyl halides is 4. The quantitative estimate of drug-likeness (QED) is 0.248. The second-order valence-electron chi connectivity index (χ2n) is 9.82. The fourth-order valence-corrected chi connectivity index (χ4v) is 6.63. The SMILES string of the molecule is O=C(Cn1nc(C(F)F)cc1C(F)F)N1CCC(c2nc(C3=NOC(c4cccc(F)c4CS(=O)(=O)[O-])C3)cs2)CC1. The lowest BCUT2D eigenvalue weighted by atomic mass is 9.97. The first-order chi connectivity index (χ1) is 19.9. The summed E-state index contributed by atoms with van der Waals surface area (Å²) in [6.45, 7) is 0.0399. The Kier molecular flexibility index (Phi) is 8.61. The predicted molar refractivity (Wildman–Crippen MR) is 138 cm³/mol. The van der Waals surface area contributed by atoms with Gasteiger partial charge in [0.1, 0.15) is 29.5 Å². The van der Waals surface area contributed by atoms with Crippen LogP contribution in [0, 0.1) is 5.82 Å². The second-order valence-corrected chi connectivity index (χ2v) is 12.1. The standard InChI is InChI=1S/C25H24F5N5O5S2/c26-16-3-1-2-14(15(16)12-42(37,38)39)21-9-17(33-40-21)19-11-41-25(31-19)13-4-6-34(7-5-13)22(36)10-35-20(24(29)30)8-18(32-35)23(27)28/h1-3,8,11,13,21,23-24H,4-7,9-10,12H2,(H,37,38,39)/p-1. The van der Waals surface area contributed by atoms with E-state index in [0.29, 0.717) is 48.1 Å². The van der Waals surface area contributed by atoms with Crippen molar-refractivity contribution < 1.29 is 44.6 Å². The number of carbonyl (C=O) groups excluding carboxylic acids is 1. The number of oxime groups is 1. The van der Waals surface area contributed by atoms with Gasteiger partial charge in [-0.3, -0.25) is 9.48 Å². The van der Waals surface area contributed by atoms with Gasteiger partial charge in [0.25, 0.3) is 12.9 Å². The van der Waals surface area contributed by atoms with Gasteiger partial charge in [0.15, 0.2) is 6.10 Å². The van der Waals surface area contributed by atoms with Gasteiger partial charge in [-0.1, -0.05) is 17.3 Å². The van der Waals surface area contributed by atoms with Crippen molar-refractivity contribution in [1.82, 2.24) is 19.7 Å². The Morgan fingerprint density at radius 2 is 1.90 bits per heavy atom. The number of aromatic nitrogens is 3. The largest absolute Gasteiger partial charge is 0.748 e. The van der Waals surface area contributed by atoms with Crippen molar-refractivity contribution in [2.24, 2.45) is 5.16 Å². The Hall–Kier alpha value is -3.44. The van der Waals surface area contributed by atoms with Crippen molar-refractivity contribution >= 4 is 33.1 Å². The first-order valence-corrected chi connectivity index (χ1v) is 15.2. The first kappa shape index (κ1) is 30.0. The number of thiazole rings is 1. The summed E-state index contributed by atoms with van der Waals surface area (Å²) in [5.41, 5.74) is -0.616. The van der Waals surface area contributed by atoms with E-state index in [4.69, 9.17) is 4.84 Å². The monoisotopic (exact) mass is 632 g/mol. The molecule has 2 aromatic heterocycles. The molecule has 0 bridgehead atoms. The molecule has 1 atom stereocenters. The van der Waals surface area contributed by atoms with Crippen LogP contribution in [0.15, 0.2) is 34.8 Å². The van der Waals surface area contributed by atoms with Crippen molar-refractivity contribution in [2.45, 2.75) is 56.4 Å². The van der Waals surface area contributed by atoms with Gasteiger partial charge < -0.3 is 14.3 Å². The summed E-state index contributed by atoms with van der Waals surface area (Å²) in [5.74, 6) is -2.36. The van der Waals surface area contributed by atoms with E-state index >= 15 is 0 Å². The fourth-order valence-electron chi connectivity index (χ4n) is 4.97. The number of rotatable bonds is 9. The summed E-state index contributed by atoms with van der Waals surface area (Å²) in [6, 6.07) is 4.53. The molecular formula is C25H23F5N5O5S2-. The zero-order valence-electron chi connectivity index (χ0n) is 21.6. The van der Waals surface area contributed by atoms with Crippen LogP contribution in [0.5, 0.6) is 0 Å². The third-order valence-corrected chi connectivity index (χ3v) is 8.72. The maximum absolute atomic E-state index is 14.3. The van der Waals surface area contributed by atoms with Gasteiger partial charge in [0, 0.05) is 41.9 Å². The molecule has 17 heteroatoms. The lowest BCUT2D eigenvalue weighted by molar-refractivity contribution is -0.133. The van der Waals surface area contributed by atoms with Crippen molar-refractivity contribution in [2.75, 3.05) is 13.1 Å². The number of carbonyl (C=O) groups is 1. The van der Waals surface area contributed by atoms with Crippen LogP contribution in [0.1, 0.15) is 77.4 Å². The molecule has 42 heavy (non-hydrogen) atoms. The van der Waals surface area contributed by atoms with Crippen molar-refractivity contribution in [3.8, 4) is 0 Å². The van der Waals surface area contributed by atoms with Crippen LogP contribution in [-0.4, -0.2) is 57.3 Å². The second kappa shape index (κ2) is 12.0. The van der Waals surface area contributed by atoms with Crippen LogP contribution < -0.4 is 0 Å². The third-order valence-electron chi connectivity index (χ3n) is 7.07. The molecule has 10 nitrogen and oxygen atoms in total. The molecule has 0 radical (unpaired) electrons. The van der Waals surface area contributed by atoms with Crippen LogP contribution in [0.4, 0.5) is 22.0 Å². The predicted octanol–water partition coefficient (Wildman–Crippen LogP) is 4.67. The van der Waals surface area contributed by atoms with Gasteiger partial charge >= 0.3 is 0 Å². The summed E-state index contributed by atoms with van der Waals surface area (Å²) >= 11 is 1.38. The van der Waals surface area contributed by atoms with Gasteiger partial charge in [0.2, 0.25) is 5.91 Å². The minimum atomic E-state index is -4.74. The molecule has 0 saturated carbocycles. The molecular weight excluding hydrogens is 609 g/mol. The van der Waals surface area contributed by atoms with Gasteiger partial charge in [-0.05, 0) is 25.0 Å². The molecule has 0 spiro atoms. The van der Waals surface area contributed by atoms with Crippen LogP contribution in [0.2, 0.25) is 0 Å². The zero-order valence-corrected chi connectivity index (χ0v) is 23.3. The molecule has 226 valence electrons. The Labute approximate surface area is 240 Å². The highest BCUT2D eigenvalue weighted by molar-refractivity contribution is 7.84. The van der Waals surface area contributed by atoms with Crippen molar-refractivity contribution in [3.63, 3.8) is 0 Å². The third kappa shape index (κ3) is 6.62. The van der Waals surface area contributed by atoms with Crippen LogP contribution >= 0.6 is 11.3 Å². The molecule has 2 aliphatic rings. The molecule has 0 aliphatic carbocycles. The summed E-state index contributed by atoms with van der Waals surface area (Å²) in [6.07, 6.45) is -5.66. The van der Waals surface area contributed by atoms with Gasteiger partial charge in [-0.2, -0.15) is 5.10 Å². The van der Waals surface area contributed by atoms with E-state index in [1.54, 1.807) is 5.38 Å². The van der Waals surface area contributed by atoms with E-state index in [-0.39, 0.29) is 23.5 Å². The van der Waals surface area contributed by atoms with Crippen molar-refractivity contribution in [3.05, 3.63) is 68.7 Å². The molecule has 0 N–H and O–H groups in total. The average Bonchev–Trinajstić information content (AvgIpc) is 3.69. The van der Waals surface area contributed by atoms with Crippen molar-refractivity contribution in [1.29, 1.82) is 0 Å². The van der Waals surface area contributed by atoms with E-state index in [2.05, 4.69) is 15.2 Å². The molecule has 1 fully saturated rings. The maximum Gasteiger partial charge on any atom is 0.282 e. The highest BCUT2D eigenvalue weighted by Gasteiger charge is 2.31. The van der Waals surface area contributed by atoms with E-state index in [9.17, 15) is 39.7 Å². The fraction of sp³-hybridized carbons (Fsp3) is 0.440. The highest BCUT2D eigenvalue weighted by atomic mass is 32.2. The lowest BCUT2D eigenvalue weighted by Gasteiger charge is -2.31. The number of benzene rings is 1. The van der Waals surface area contributed by atoms with E-state index < -0.39 is 64.5 Å². The topological polar surface area (TPSA) is 130 Å². The normalized spacial score (nSPS) is 18.1. The molecule has 1 aromatic carbocycles. The summed E-state index contributed by atoms with van der Waals surface area (Å²) in [4.78, 5) is 24.3. The number of nitrogens with zero attached hydrogens (tertiary/aromatic N) is 5. The van der Waals surface area contributed by atoms with Gasteiger partial charge in [-0.15, -0.1) is 11.3 Å². The minimum Gasteiger partial charge on any atom is -0.748 e. The molecule has 1 amide bonds. The van der Waals surface area contributed by atoms with Crippen LogP contribution in [0.25, 0.3) is 0 Å². The maximum atomic E-state index is 14.3. The van der Waals surface area contributed by atoms with Crippen LogP contribution in [0.3, 0.4) is 0 Å². The molecule has 1 unspecified atom stereocenters. The number of piperidine rings is 1. The smallest absolute Gasteiger partial charge is 0.282 e. The number of halogens is 5.